The molecule has 0 aromatic heterocycles. The highest BCUT2D eigenvalue weighted by Gasteiger charge is 2.06. The third-order valence-electron chi connectivity index (χ3n) is 3.39. The first-order valence-electron chi connectivity index (χ1n) is 8.51. The first-order valence-corrected chi connectivity index (χ1v) is 8.51. The van der Waals surface area contributed by atoms with E-state index in [1.54, 1.807) is 0 Å². The number of hydrogen-bond donors (Lipinski definition) is 3. The molecule has 0 fully saturated rings. The minimum absolute atomic E-state index is 0. The molecular weight excluding hydrogens is 415 g/mol. The van der Waals surface area contributed by atoms with Crippen molar-refractivity contribution in [2.45, 2.75) is 46.1 Å². The van der Waals surface area contributed by atoms with E-state index >= 15 is 0 Å². The zero-order chi connectivity index (χ0) is 16.9. The van der Waals surface area contributed by atoms with Crippen molar-refractivity contribution in [2.75, 3.05) is 19.6 Å². The summed E-state index contributed by atoms with van der Waals surface area (Å²) in [4.78, 5) is 16.0. The van der Waals surface area contributed by atoms with Crippen molar-refractivity contribution in [1.29, 1.82) is 0 Å². The lowest BCUT2D eigenvalue weighted by Gasteiger charge is -2.17. The van der Waals surface area contributed by atoms with Gasteiger partial charge >= 0.3 is 0 Å². The van der Waals surface area contributed by atoms with Gasteiger partial charge < -0.3 is 16.0 Å². The lowest BCUT2D eigenvalue weighted by molar-refractivity contribution is -0.119. The van der Waals surface area contributed by atoms with Gasteiger partial charge in [0.2, 0.25) is 5.91 Å². The molecule has 0 aliphatic carbocycles. The quantitative estimate of drug-likeness (QED) is 0.311. The highest BCUT2D eigenvalue weighted by molar-refractivity contribution is 14.0. The summed E-state index contributed by atoms with van der Waals surface area (Å²) in [6.45, 7) is 7.81. The van der Waals surface area contributed by atoms with Crippen LogP contribution < -0.4 is 16.0 Å². The number of rotatable bonds is 9. The van der Waals surface area contributed by atoms with E-state index in [2.05, 4.69) is 52.1 Å². The van der Waals surface area contributed by atoms with Crippen molar-refractivity contribution in [3.63, 3.8) is 0 Å². The molecule has 136 valence electrons. The first kappa shape index (κ1) is 22.7. The molecule has 1 unspecified atom stereocenters. The molecule has 0 bridgehead atoms. The number of benzene rings is 1. The molecule has 1 rings (SSSR count). The molecule has 6 heteroatoms. The molecule has 0 heterocycles. The van der Waals surface area contributed by atoms with Gasteiger partial charge in [-0.15, -0.1) is 24.0 Å². The number of amides is 1. The van der Waals surface area contributed by atoms with Crippen LogP contribution in [0.1, 0.15) is 39.2 Å². The van der Waals surface area contributed by atoms with E-state index in [0.29, 0.717) is 12.5 Å². The van der Waals surface area contributed by atoms with E-state index < -0.39 is 0 Å². The van der Waals surface area contributed by atoms with Crippen LogP contribution in [0.3, 0.4) is 0 Å². The maximum Gasteiger partial charge on any atom is 0.241 e. The molecule has 0 spiro atoms. The summed E-state index contributed by atoms with van der Waals surface area (Å²) in [5.41, 5.74) is 1.34. The van der Waals surface area contributed by atoms with Gasteiger partial charge in [0, 0.05) is 19.1 Å². The Bertz CT molecular complexity index is 479. The molecule has 0 radical (unpaired) electrons. The minimum atomic E-state index is -0.0407. The molecule has 1 atom stereocenters. The molecule has 1 aromatic rings. The smallest absolute Gasteiger partial charge is 0.241 e. The van der Waals surface area contributed by atoms with E-state index in [1.165, 1.54) is 5.56 Å². The summed E-state index contributed by atoms with van der Waals surface area (Å²) in [7, 11) is 0. The van der Waals surface area contributed by atoms with E-state index in [4.69, 9.17) is 0 Å². The van der Waals surface area contributed by atoms with Crippen LogP contribution in [0.25, 0.3) is 0 Å². The monoisotopic (exact) mass is 446 g/mol. The number of halogens is 1. The SMILES string of the molecule is CCCNC(=O)CN=C(NCC)NC(C)CCc1ccccc1.I. The minimum Gasteiger partial charge on any atom is -0.357 e. The Hall–Kier alpha value is -1.31. The third kappa shape index (κ3) is 10.5. The number of guanidine groups is 1. The van der Waals surface area contributed by atoms with E-state index in [9.17, 15) is 4.79 Å². The Labute approximate surface area is 163 Å². The molecule has 0 aliphatic heterocycles. The topological polar surface area (TPSA) is 65.5 Å². The predicted molar refractivity (Wildman–Crippen MR) is 112 cm³/mol. The van der Waals surface area contributed by atoms with E-state index in [1.807, 2.05) is 19.9 Å². The fourth-order valence-electron chi connectivity index (χ4n) is 2.12. The van der Waals surface area contributed by atoms with Crippen molar-refractivity contribution in [3.05, 3.63) is 35.9 Å². The first-order chi connectivity index (χ1) is 11.2. The molecule has 0 saturated heterocycles. The molecule has 0 saturated carbocycles. The van der Waals surface area contributed by atoms with E-state index in [0.717, 1.165) is 25.8 Å². The van der Waals surface area contributed by atoms with Crippen LogP contribution in [-0.4, -0.2) is 37.5 Å². The maximum absolute atomic E-state index is 11.6. The van der Waals surface area contributed by atoms with Gasteiger partial charge in [-0.1, -0.05) is 37.3 Å². The lowest BCUT2D eigenvalue weighted by Crippen LogP contribution is -2.43. The average Bonchev–Trinajstić information content (AvgIpc) is 2.57. The summed E-state index contributed by atoms with van der Waals surface area (Å²) in [6.07, 6.45) is 2.96. The summed E-state index contributed by atoms with van der Waals surface area (Å²) in [5, 5.41) is 9.37. The Morgan fingerprint density at radius 2 is 1.88 bits per heavy atom. The third-order valence-corrected chi connectivity index (χ3v) is 3.39. The van der Waals surface area contributed by atoms with Gasteiger partial charge in [-0.3, -0.25) is 4.79 Å². The standard InChI is InChI=1S/C18H30N4O.HI/c1-4-13-20-17(23)14-21-18(19-5-2)22-15(3)11-12-16-9-7-6-8-10-16;/h6-10,15H,4-5,11-14H2,1-3H3,(H,20,23)(H2,19,21,22);1H. The molecule has 1 amide bonds. The van der Waals surface area contributed by atoms with Crippen LogP contribution in [-0.2, 0) is 11.2 Å². The van der Waals surface area contributed by atoms with Gasteiger partial charge in [-0.05, 0) is 38.7 Å². The number of carbonyl (C=O) groups excluding carboxylic acids is 1. The van der Waals surface area contributed by atoms with Crippen molar-refractivity contribution in [3.8, 4) is 0 Å². The summed E-state index contributed by atoms with van der Waals surface area (Å²) >= 11 is 0. The van der Waals surface area contributed by atoms with Gasteiger partial charge in [-0.25, -0.2) is 4.99 Å². The fraction of sp³-hybridized carbons (Fsp3) is 0.556. The van der Waals surface area contributed by atoms with Crippen molar-refractivity contribution >= 4 is 35.8 Å². The van der Waals surface area contributed by atoms with Crippen LogP contribution in [0.15, 0.2) is 35.3 Å². The largest absolute Gasteiger partial charge is 0.357 e. The van der Waals surface area contributed by atoms with Crippen LogP contribution >= 0.6 is 24.0 Å². The van der Waals surface area contributed by atoms with Crippen LogP contribution in [0, 0.1) is 0 Å². The Kier molecular flexibility index (Phi) is 13.3. The Morgan fingerprint density at radius 3 is 2.50 bits per heavy atom. The predicted octanol–water partition coefficient (Wildman–Crippen LogP) is 2.71. The molecule has 24 heavy (non-hydrogen) atoms. The highest BCUT2D eigenvalue weighted by atomic mass is 127. The summed E-state index contributed by atoms with van der Waals surface area (Å²) < 4.78 is 0. The number of nitrogens with zero attached hydrogens (tertiary/aromatic N) is 1. The number of nitrogens with one attached hydrogen (secondary N) is 3. The van der Waals surface area contributed by atoms with Crippen molar-refractivity contribution in [2.24, 2.45) is 4.99 Å². The number of aryl methyl sites for hydroxylation is 1. The van der Waals surface area contributed by atoms with Gasteiger partial charge in [-0.2, -0.15) is 0 Å². The maximum atomic E-state index is 11.6. The van der Waals surface area contributed by atoms with Crippen molar-refractivity contribution in [1.82, 2.24) is 16.0 Å². The van der Waals surface area contributed by atoms with Gasteiger partial charge in [0.15, 0.2) is 5.96 Å². The summed E-state index contributed by atoms with van der Waals surface area (Å²) in [6, 6.07) is 10.7. The zero-order valence-electron chi connectivity index (χ0n) is 15.0. The van der Waals surface area contributed by atoms with Gasteiger partial charge in [0.05, 0.1) is 0 Å². The van der Waals surface area contributed by atoms with E-state index in [-0.39, 0.29) is 42.5 Å². The molecule has 3 N–H and O–H groups in total. The molecule has 0 aliphatic rings. The molecular formula is C18H31IN4O. The summed E-state index contributed by atoms with van der Waals surface area (Å²) in [5.74, 6) is 0.653. The fourth-order valence-corrected chi connectivity index (χ4v) is 2.12. The van der Waals surface area contributed by atoms with Gasteiger partial charge in [0.25, 0.3) is 0 Å². The Balaban J connectivity index is 0.00000529. The second kappa shape index (κ2) is 14.1. The molecule has 1 aromatic carbocycles. The van der Waals surface area contributed by atoms with Crippen LogP contribution in [0.5, 0.6) is 0 Å². The lowest BCUT2D eigenvalue weighted by atomic mass is 10.1. The Morgan fingerprint density at radius 1 is 1.17 bits per heavy atom. The number of hydrogen-bond acceptors (Lipinski definition) is 2. The zero-order valence-corrected chi connectivity index (χ0v) is 17.3. The van der Waals surface area contributed by atoms with Crippen LogP contribution in [0.4, 0.5) is 0 Å². The molecule has 5 nitrogen and oxygen atoms in total. The average molecular weight is 446 g/mol. The number of aliphatic imine (C=N–C) groups is 1. The normalized spacial score (nSPS) is 12.0. The van der Waals surface area contributed by atoms with Crippen LogP contribution in [0.2, 0.25) is 0 Å². The number of carbonyl (C=O) groups is 1. The second-order valence-corrected chi connectivity index (χ2v) is 5.61. The van der Waals surface area contributed by atoms with Crippen molar-refractivity contribution < 1.29 is 4.79 Å². The van der Waals surface area contributed by atoms with Gasteiger partial charge in [0.1, 0.15) is 6.54 Å². The second-order valence-electron chi connectivity index (χ2n) is 5.61. The highest BCUT2D eigenvalue weighted by Crippen LogP contribution is 2.04.